The molecule has 1 aliphatic rings. The lowest BCUT2D eigenvalue weighted by molar-refractivity contribution is 0.553. The van der Waals surface area contributed by atoms with E-state index in [0.29, 0.717) is 12.1 Å². The van der Waals surface area contributed by atoms with Crippen LogP contribution in [0.4, 0.5) is 5.69 Å². The molecule has 4 nitrogen and oxygen atoms in total. The molecule has 1 atom stereocenters. The van der Waals surface area contributed by atoms with Crippen LogP contribution < -0.4 is 10.2 Å². The number of rotatable bonds is 4. The Morgan fingerprint density at radius 3 is 3.00 bits per heavy atom. The molecule has 2 aromatic rings. The fraction of sp³-hybridized carbons (Fsp3) is 0.500. The Balaban J connectivity index is 1.98. The second-order valence-corrected chi connectivity index (χ2v) is 6.81. The summed E-state index contributed by atoms with van der Waals surface area (Å²) in [7, 11) is 0. The Hall–Kier alpha value is -1.20. The quantitative estimate of drug-likeness (QED) is 0.919. The van der Waals surface area contributed by atoms with E-state index in [1.165, 1.54) is 18.5 Å². The molecule has 1 fully saturated rings. The smallest absolute Gasteiger partial charge is 0.112 e. The van der Waals surface area contributed by atoms with E-state index in [1.54, 1.807) is 0 Å². The molecule has 0 radical (unpaired) electrons. The molecule has 0 amide bonds. The molecule has 0 bridgehead atoms. The van der Waals surface area contributed by atoms with Gasteiger partial charge in [-0.15, -0.1) is 0 Å². The van der Waals surface area contributed by atoms with E-state index < -0.39 is 0 Å². The zero-order chi connectivity index (χ0) is 14.8. The van der Waals surface area contributed by atoms with Gasteiger partial charge in [0, 0.05) is 35.5 Å². The topological polar surface area (TPSA) is 41.0 Å². The number of halogens is 1. The highest BCUT2D eigenvalue weighted by atomic mass is 79.9. The van der Waals surface area contributed by atoms with Gasteiger partial charge in [0.25, 0.3) is 0 Å². The van der Waals surface area contributed by atoms with Crippen LogP contribution in [0.15, 0.2) is 29.0 Å². The van der Waals surface area contributed by atoms with Gasteiger partial charge >= 0.3 is 0 Å². The van der Waals surface area contributed by atoms with Crippen molar-refractivity contribution in [2.75, 3.05) is 18.0 Å². The fourth-order valence-corrected chi connectivity index (χ4v) is 3.28. The number of nitrogens with zero attached hydrogens (tertiary/aromatic N) is 3. The minimum absolute atomic E-state index is 0.434. The second kappa shape index (κ2) is 6.28. The molecule has 1 N–H and O–H groups in total. The van der Waals surface area contributed by atoms with E-state index >= 15 is 0 Å². The fourth-order valence-electron chi connectivity index (χ4n) is 2.96. The molecule has 0 aliphatic carbocycles. The predicted molar refractivity (Wildman–Crippen MR) is 90.7 cm³/mol. The van der Waals surface area contributed by atoms with Gasteiger partial charge in [-0.05, 0) is 61.3 Å². The molecule has 1 unspecified atom stereocenters. The number of hydrogen-bond donors (Lipinski definition) is 1. The average molecular weight is 349 g/mol. The van der Waals surface area contributed by atoms with Crippen molar-refractivity contribution in [3.63, 3.8) is 0 Å². The molecule has 112 valence electrons. The Labute approximate surface area is 134 Å². The molecule has 2 aromatic heterocycles. The Morgan fingerprint density at radius 2 is 2.29 bits per heavy atom. The molecule has 0 aromatic carbocycles. The third-order valence-corrected chi connectivity index (χ3v) is 4.47. The van der Waals surface area contributed by atoms with Crippen molar-refractivity contribution < 1.29 is 0 Å². The maximum Gasteiger partial charge on any atom is 0.112 e. The lowest BCUT2D eigenvalue weighted by atomic mass is 10.1. The van der Waals surface area contributed by atoms with Gasteiger partial charge in [0.1, 0.15) is 5.52 Å². The van der Waals surface area contributed by atoms with Crippen molar-refractivity contribution in [1.82, 2.24) is 15.3 Å². The number of aromatic nitrogens is 2. The van der Waals surface area contributed by atoms with Crippen LogP contribution in [0.2, 0.25) is 0 Å². The standard InChI is InChI=1S/C16H21BrN4/c1-11(2)21(10-13-4-3-6-18-13)15-5-7-19-14-8-12(17)9-20-16(14)15/h5,7-9,11,13,18H,3-4,6,10H2,1-2H3. The number of fused-ring (bicyclic) bond motifs is 1. The molecule has 5 heteroatoms. The van der Waals surface area contributed by atoms with Crippen molar-refractivity contribution in [2.24, 2.45) is 0 Å². The summed E-state index contributed by atoms with van der Waals surface area (Å²) in [4.78, 5) is 11.5. The summed E-state index contributed by atoms with van der Waals surface area (Å²) < 4.78 is 0.966. The first-order chi connectivity index (χ1) is 10.1. The van der Waals surface area contributed by atoms with Gasteiger partial charge in [0.2, 0.25) is 0 Å². The lowest BCUT2D eigenvalue weighted by Gasteiger charge is -2.32. The maximum atomic E-state index is 4.59. The van der Waals surface area contributed by atoms with E-state index in [1.807, 2.05) is 18.5 Å². The molecular formula is C16H21BrN4. The SMILES string of the molecule is CC(C)N(CC1CCCN1)c1ccnc2cc(Br)cnc12. The summed E-state index contributed by atoms with van der Waals surface area (Å²) in [5, 5.41) is 3.58. The lowest BCUT2D eigenvalue weighted by Crippen LogP contribution is -2.41. The molecule has 0 saturated carbocycles. The largest absolute Gasteiger partial charge is 0.366 e. The number of hydrogen-bond acceptors (Lipinski definition) is 4. The first-order valence-electron chi connectivity index (χ1n) is 7.55. The van der Waals surface area contributed by atoms with Crippen LogP contribution in [0.25, 0.3) is 11.0 Å². The Kier molecular flexibility index (Phi) is 4.40. The molecule has 1 saturated heterocycles. The minimum Gasteiger partial charge on any atom is -0.366 e. The monoisotopic (exact) mass is 348 g/mol. The van der Waals surface area contributed by atoms with Crippen LogP contribution in [0.3, 0.4) is 0 Å². The molecule has 3 heterocycles. The van der Waals surface area contributed by atoms with E-state index in [4.69, 9.17) is 0 Å². The summed E-state index contributed by atoms with van der Waals surface area (Å²) in [6, 6.07) is 5.12. The van der Waals surface area contributed by atoms with Crippen LogP contribution in [-0.4, -0.2) is 35.1 Å². The number of nitrogens with one attached hydrogen (secondary N) is 1. The first kappa shape index (κ1) is 14.7. The van der Waals surface area contributed by atoms with Gasteiger partial charge in [-0.2, -0.15) is 0 Å². The highest BCUT2D eigenvalue weighted by Gasteiger charge is 2.21. The van der Waals surface area contributed by atoms with Crippen LogP contribution in [0.1, 0.15) is 26.7 Å². The zero-order valence-electron chi connectivity index (χ0n) is 12.5. The number of pyridine rings is 2. The third kappa shape index (κ3) is 3.19. The van der Waals surface area contributed by atoms with Crippen LogP contribution >= 0.6 is 15.9 Å². The van der Waals surface area contributed by atoms with Gasteiger partial charge in [0.05, 0.1) is 11.2 Å². The van der Waals surface area contributed by atoms with E-state index in [2.05, 4.69) is 56.0 Å². The summed E-state index contributed by atoms with van der Waals surface area (Å²) in [6.45, 7) is 6.63. The maximum absolute atomic E-state index is 4.59. The third-order valence-electron chi connectivity index (χ3n) is 4.04. The minimum atomic E-state index is 0.434. The summed E-state index contributed by atoms with van der Waals surface area (Å²) in [5.41, 5.74) is 3.09. The van der Waals surface area contributed by atoms with Crippen molar-refractivity contribution in [3.8, 4) is 0 Å². The number of anilines is 1. The molecular weight excluding hydrogens is 328 g/mol. The van der Waals surface area contributed by atoms with Gasteiger partial charge < -0.3 is 10.2 Å². The van der Waals surface area contributed by atoms with E-state index in [0.717, 1.165) is 28.6 Å². The van der Waals surface area contributed by atoms with Crippen LogP contribution in [0.5, 0.6) is 0 Å². The zero-order valence-corrected chi connectivity index (χ0v) is 14.1. The Bertz CT molecular complexity index is 623. The summed E-state index contributed by atoms with van der Waals surface area (Å²) in [6.07, 6.45) is 6.26. The molecule has 1 aliphatic heterocycles. The van der Waals surface area contributed by atoms with E-state index in [-0.39, 0.29) is 0 Å². The van der Waals surface area contributed by atoms with Crippen molar-refractivity contribution >= 4 is 32.7 Å². The van der Waals surface area contributed by atoms with Crippen LogP contribution in [0, 0.1) is 0 Å². The van der Waals surface area contributed by atoms with Crippen molar-refractivity contribution in [1.29, 1.82) is 0 Å². The average Bonchev–Trinajstić information content (AvgIpc) is 2.96. The molecule has 3 rings (SSSR count). The Morgan fingerprint density at radius 1 is 1.43 bits per heavy atom. The highest BCUT2D eigenvalue weighted by Crippen LogP contribution is 2.27. The predicted octanol–water partition coefficient (Wildman–Crippen LogP) is 3.36. The van der Waals surface area contributed by atoms with Gasteiger partial charge in [-0.25, -0.2) is 0 Å². The second-order valence-electron chi connectivity index (χ2n) is 5.89. The summed E-state index contributed by atoms with van der Waals surface area (Å²) >= 11 is 3.47. The van der Waals surface area contributed by atoms with Gasteiger partial charge in [0.15, 0.2) is 0 Å². The van der Waals surface area contributed by atoms with E-state index in [9.17, 15) is 0 Å². The van der Waals surface area contributed by atoms with Crippen LogP contribution in [-0.2, 0) is 0 Å². The van der Waals surface area contributed by atoms with Gasteiger partial charge in [-0.3, -0.25) is 9.97 Å². The molecule has 21 heavy (non-hydrogen) atoms. The first-order valence-corrected chi connectivity index (χ1v) is 8.35. The van der Waals surface area contributed by atoms with Crippen molar-refractivity contribution in [3.05, 3.63) is 29.0 Å². The highest BCUT2D eigenvalue weighted by molar-refractivity contribution is 9.10. The van der Waals surface area contributed by atoms with Crippen molar-refractivity contribution in [2.45, 2.75) is 38.8 Å². The summed E-state index contributed by atoms with van der Waals surface area (Å²) in [5.74, 6) is 0. The normalized spacial score (nSPS) is 18.6. The molecule has 0 spiro atoms. The van der Waals surface area contributed by atoms with Gasteiger partial charge in [-0.1, -0.05) is 0 Å².